The largest absolute Gasteiger partial charge is 0.367 e. The zero-order valence-corrected chi connectivity index (χ0v) is 12.7. The number of aromatic nitrogens is 1. The van der Waals surface area contributed by atoms with Crippen LogP contribution in [-0.2, 0) is 4.79 Å². The second kappa shape index (κ2) is 6.58. The maximum Gasteiger partial charge on any atom is 0.222 e. The highest BCUT2D eigenvalue weighted by Gasteiger charge is 2.16. The molecular formula is C17H20N4O. The predicted molar refractivity (Wildman–Crippen MR) is 89.1 cm³/mol. The zero-order valence-electron chi connectivity index (χ0n) is 12.7. The fraction of sp³-hybridized carbons (Fsp3) is 0.294. The number of carbonyl (C=O) groups excluding carboxylic acids is 1. The topological polar surface area (TPSA) is 57.3 Å². The van der Waals surface area contributed by atoms with E-state index >= 15 is 0 Å². The van der Waals surface area contributed by atoms with Crippen LogP contribution in [-0.4, -0.2) is 37.1 Å². The summed E-state index contributed by atoms with van der Waals surface area (Å²) in [5.74, 6) is 0.478. The molecule has 0 radical (unpaired) electrons. The van der Waals surface area contributed by atoms with Crippen LogP contribution in [0.1, 0.15) is 6.92 Å². The van der Waals surface area contributed by atoms with Crippen molar-refractivity contribution in [3.63, 3.8) is 0 Å². The number of pyridine rings is 1. The van der Waals surface area contributed by atoms with Gasteiger partial charge in [-0.25, -0.2) is 4.98 Å². The van der Waals surface area contributed by atoms with E-state index in [1.54, 1.807) is 0 Å². The lowest BCUT2D eigenvalue weighted by Crippen LogP contribution is -2.43. The minimum absolute atomic E-state index is 0.110. The lowest BCUT2D eigenvalue weighted by Gasteiger charge is -2.31. The van der Waals surface area contributed by atoms with E-state index < -0.39 is 0 Å². The summed E-state index contributed by atoms with van der Waals surface area (Å²) in [7, 11) is 0. The van der Waals surface area contributed by atoms with E-state index in [1.165, 1.54) is 6.92 Å². The van der Waals surface area contributed by atoms with Crippen molar-refractivity contribution in [1.82, 2.24) is 10.3 Å². The number of amides is 1. The Morgan fingerprint density at radius 2 is 1.95 bits per heavy atom. The van der Waals surface area contributed by atoms with Gasteiger partial charge in [0.05, 0.1) is 11.9 Å². The molecule has 1 aromatic heterocycles. The van der Waals surface area contributed by atoms with Gasteiger partial charge in [0.2, 0.25) is 5.91 Å². The molecule has 22 heavy (non-hydrogen) atoms. The molecule has 1 amide bonds. The molecular weight excluding hydrogens is 276 g/mol. The van der Waals surface area contributed by atoms with Crippen LogP contribution < -0.4 is 15.5 Å². The summed E-state index contributed by atoms with van der Waals surface area (Å²) in [6.07, 6.45) is 1.86. The van der Waals surface area contributed by atoms with Crippen LogP contribution in [0, 0.1) is 0 Å². The average Bonchev–Trinajstić information content (AvgIpc) is 2.56. The van der Waals surface area contributed by atoms with Crippen molar-refractivity contribution >= 4 is 17.4 Å². The van der Waals surface area contributed by atoms with Crippen LogP contribution in [0.25, 0.3) is 11.1 Å². The summed E-state index contributed by atoms with van der Waals surface area (Å²) >= 11 is 0. The van der Waals surface area contributed by atoms with Crippen molar-refractivity contribution in [3.8, 4) is 11.1 Å². The van der Waals surface area contributed by atoms with Gasteiger partial charge in [-0.1, -0.05) is 30.3 Å². The van der Waals surface area contributed by atoms with Gasteiger partial charge in [-0.15, -0.1) is 0 Å². The van der Waals surface area contributed by atoms with E-state index in [9.17, 15) is 4.79 Å². The summed E-state index contributed by atoms with van der Waals surface area (Å²) in [4.78, 5) is 18.0. The number of hydrogen-bond donors (Lipinski definition) is 2. The van der Waals surface area contributed by atoms with Crippen molar-refractivity contribution in [2.45, 2.75) is 6.92 Å². The minimum atomic E-state index is -0.110. The van der Waals surface area contributed by atoms with E-state index in [0.29, 0.717) is 5.82 Å². The van der Waals surface area contributed by atoms with Gasteiger partial charge < -0.3 is 15.5 Å². The summed E-state index contributed by atoms with van der Waals surface area (Å²) in [6, 6.07) is 12.2. The van der Waals surface area contributed by atoms with E-state index in [-0.39, 0.29) is 5.91 Å². The van der Waals surface area contributed by atoms with Crippen molar-refractivity contribution < 1.29 is 4.79 Å². The molecule has 2 heterocycles. The molecule has 114 valence electrons. The maximum absolute atomic E-state index is 11.3. The quantitative estimate of drug-likeness (QED) is 0.911. The maximum atomic E-state index is 11.3. The number of nitrogens with one attached hydrogen (secondary N) is 2. The molecule has 1 fully saturated rings. The van der Waals surface area contributed by atoms with Gasteiger partial charge in [-0.3, -0.25) is 4.79 Å². The Hall–Kier alpha value is -2.40. The average molecular weight is 296 g/mol. The van der Waals surface area contributed by atoms with Crippen LogP contribution in [0.15, 0.2) is 42.6 Å². The highest BCUT2D eigenvalue weighted by molar-refractivity contribution is 5.90. The molecule has 3 rings (SSSR count). The first kappa shape index (κ1) is 14.5. The van der Waals surface area contributed by atoms with Gasteiger partial charge in [0.1, 0.15) is 5.82 Å². The highest BCUT2D eigenvalue weighted by atomic mass is 16.1. The monoisotopic (exact) mass is 296 g/mol. The second-order valence-electron chi connectivity index (χ2n) is 5.37. The van der Waals surface area contributed by atoms with E-state index in [1.807, 2.05) is 30.5 Å². The smallest absolute Gasteiger partial charge is 0.222 e. The number of piperazine rings is 1. The van der Waals surface area contributed by atoms with E-state index in [4.69, 9.17) is 0 Å². The first-order valence-electron chi connectivity index (χ1n) is 7.53. The molecule has 1 aliphatic rings. The van der Waals surface area contributed by atoms with Crippen LogP contribution in [0.5, 0.6) is 0 Å². The molecule has 2 aromatic rings. The molecule has 1 saturated heterocycles. The van der Waals surface area contributed by atoms with Gasteiger partial charge >= 0.3 is 0 Å². The second-order valence-corrected chi connectivity index (χ2v) is 5.37. The van der Waals surface area contributed by atoms with Gasteiger partial charge in [0.25, 0.3) is 0 Å². The van der Waals surface area contributed by atoms with E-state index in [0.717, 1.165) is 43.0 Å². The van der Waals surface area contributed by atoms with Gasteiger partial charge in [-0.2, -0.15) is 0 Å². The number of anilines is 2. The fourth-order valence-electron chi connectivity index (χ4n) is 2.70. The third-order valence-corrected chi connectivity index (χ3v) is 3.73. The van der Waals surface area contributed by atoms with Crippen LogP contribution in [0.4, 0.5) is 11.5 Å². The Morgan fingerprint density at radius 3 is 2.64 bits per heavy atom. The minimum Gasteiger partial charge on any atom is -0.367 e. The number of carbonyl (C=O) groups is 1. The fourth-order valence-corrected chi connectivity index (χ4v) is 2.70. The molecule has 0 atom stereocenters. The molecule has 1 aromatic carbocycles. The zero-order chi connectivity index (χ0) is 15.4. The number of hydrogen-bond acceptors (Lipinski definition) is 4. The van der Waals surface area contributed by atoms with Crippen molar-refractivity contribution in [3.05, 3.63) is 42.6 Å². The van der Waals surface area contributed by atoms with Crippen molar-refractivity contribution in [1.29, 1.82) is 0 Å². The van der Waals surface area contributed by atoms with E-state index in [2.05, 4.69) is 32.7 Å². The Labute approximate surface area is 130 Å². The third-order valence-electron chi connectivity index (χ3n) is 3.73. The molecule has 1 aliphatic heterocycles. The summed E-state index contributed by atoms with van der Waals surface area (Å²) in [6.45, 7) is 5.36. The van der Waals surface area contributed by atoms with Crippen molar-refractivity contribution in [2.24, 2.45) is 0 Å². The first-order chi connectivity index (χ1) is 10.7. The normalized spacial score (nSPS) is 14.7. The molecule has 0 aliphatic carbocycles. The summed E-state index contributed by atoms with van der Waals surface area (Å²) in [5.41, 5.74) is 3.34. The molecule has 5 nitrogen and oxygen atoms in total. The lowest BCUT2D eigenvalue weighted by atomic mass is 10.0. The Bertz CT molecular complexity index is 651. The van der Waals surface area contributed by atoms with Gasteiger partial charge in [0, 0.05) is 38.7 Å². The lowest BCUT2D eigenvalue weighted by molar-refractivity contribution is -0.114. The molecule has 0 bridgehead atoms. The predicted octanol–water partition coefficient (Wildman–Crippen LogP) is 2.12. The molecule has 0 saturated carbocycles. The molecule has 0 unspecified atom stereocenters. The summed E-state index contributed by atoms with van der Waals surface area (Å²) in [5, 5.41) is 6.13. The van der Waals surface area contributed by atoms with Gasteiger partial charge in [-0.05, 0) is 11.6 Å². The van der Waals surface area contributed by atoms with Gasteiger partial charge in [0.15, 0.2) is 0 Å². The number of rotatable bonds is 3. The van der Waals surface area contributed by atoms with Crippen molar-refractivity contribution in [2.75, 3.05) is 36.4 Å². The third kappa shape index (κ3) is 3.26. The Kier molecular flexibility index (Phi) is 4.34. The molecule has 0 spiro atoms. The SMILES string of the molecule is CC(=O)Nc1cc(-c2ccccc2)c(N2CCNCC2)cn1. The van der Waals surface area contributed by atoms with Crippen LogP contribution in [0.3, 0.4) is 0 Å². The number of benzene rings is 1. The highest BCUT2D eigenvalue weighted by Crippen LogP contribution is 2.32. The van der Waals surface area contributed by atoms with Crippen LogP contribution >= 0.6 is 0 Å². The molecule has 5 heteroatoms. The summed E-state index contributed by atoms with van der Waals surface area (Å²) < 4.78 is 0. The van der Waals surface area contributed by atoms with Crippen LogP contribution in [0.2, 0.25) is 0 Å². The standard InChI is InChI=1S/C17H20N4O/c1-13(22)20-17-11-15(14-5-3-2-4-6-14)16(12-19-17)21-9-7-18-8-10-21/h2-6,11-12,18H,7-10H2,1H3,(H,19,20,22). The molecule has 2 N–H and O–H groups in total. The first-order valence-corrected chi connectivity index (χ1v) is 7.53. The Balaban J connectivity index is 2.02. The Morgan fingerprint density at radius 1 is 1.23 bits per heavy atom. The number of nitrogens with zero attached hydrogens (tertiary/aromatic N) is 2.